The molecule has 1 atom stereocenters. The summed E-state index contributed by atoms with van der Waals surface area (Å²) in [5, 5.41) is 0. The van der Waals surface area contributed by atoms with Crippen molar-refractivity contribution in [2.24, 2.45) is 0 Å². The Morgan fingerprint density at radius 3 is 2.26 bits per heavy atom. The van der Waals surface area contributed by atoms with E-state index in [1.807, 2.05) is 6.08 Å². The van der Waals surface area contributed by atoms with E-state index >= 15 is 0 Å². The monoisotopic (exact) mass is 493 g/mol. The van der Waals surface area contributed by atoms with Crippen LogP contribution in [0.25, 0.3) is 22.3 Å². The van der Waals surface area contributed by atoms with Crippen molar-refractivity contribution < 1.29 is 0 Å². The van der Waals surface area contributed by atoms with Crippen LogP contribution in [0.3, 0.4) is 0 Å². The van der Waals surface area contributed by atoms with E-state index in [2.05, 4.69) is 153 Å². The highest BCUT2D eigenvalue weighted by molar-refractivity contribution is 5.87. The molecule has 0 heterocycles. The maximum Gasteiger partial charge on any atom is 0.0569 e. The van der Waals surface area contributed by atoms with Crippen LogP contribution in [0.4, 0.5) is 11.4 Å². The number of allylic oxidation sites excluding steroid dienone is 6. The van der Waals surface area contributed by atoms with Gasteiger partial charge < -0.3 is 4.90 Å². The van der Waals surface area contributed by atoms with Crippen molar-refractivity contribution in [3.63, 3.8) is 0 Å². The molecule has 188 valence electrons. The summed E-state index contributed by atoms with van der Waals surface area (Å²) in [5.41, 5.74) is 11.0. The van der Waals surface area contributed by atoms with Gasteiger partial charge in [0.05, 0.1) is 6.04 Å². The standard InChI is InChI=1S/C37H35N/c1-4-14-35(32-18-9-6-10-19-32)29(3)38(34-20-13-15-28(2)27-34)37-22-12-11-21-36(37)33-25-23-31(24-26-33)30-16-7-5-8-17-30/h4,6-7,9-27,29H,1,5,8H2,2-3H3/b35-14+. The summed E-state index contributed by atoms with van der Waals surface area (Å²) in [6.45, 7) is 8.47. The zero-order valence-electron chi connectivity index (χ0n) is 22.3. The molecule has 0 spiro atoms. The highest BCUT2D eigenvalue weighted by Crippen LogP contribution is 2.40. The molecule has 38 heavy (non-hydrogen) atoms. The van der Waals surface area contributed by atoms with Crippen molar-refractivity contribution in [2.45, 2.75) is 32.7 Å². The number of hydrogen-bond donors (Lipinski definition) is 0. The molecule has 1 aliphatic rings. The number of hydrogen-bond acceptors (Lipinski definition) is 1. The Balaban J connectivity index is 1.62. The fourth-order valence-corrected chi connectivity index (χ4v) is 5.32. The Hall–Kier alpha value is -4.36. The molecule has 0 aliphatic heterocycles. The number of nitrogens with zero attached hydrogens (tertiary/aromatic N) is 1. The average molecular weight is 494 g/mol. The Morgan fingerprint density at radius 2 is 1.55 bits per heavy atom. The minimum absolute atomic E-state index is 0.0650. The molecule has 0 radical (unpaired) electrons. The van der Waals surface area contributed by atoms with Gasteiger partial charge in [0.25, 0.3) is 0 Å². The van der Waals surface area contributed by atoms with E-state index in [4.69, 9.17) is 0 Å². The minimum atomic E-state index is 0.0650. The third-order valence-corrected chi connectivity index (χ3v) is 7.21. The SMILES string of the molecule is C=C/C=C(/c1ccccc1)C(C)N(c1cccc(C)c1)c1ccccc1-c1ccc(C2=CCCC=C2)cc1. The van der Waals surface area contributed by atoms with Gasteiger partial charge in [-0.1, -0.05) is 122 Å². The van der Waals surface area contributed by atoms with Crippen LogP contribution in [0.5, 0.6) is 0 Å². The van der Waals surface area contributed by atoms with Crippen LogP contribution in [0.1, 0.15) is 36.5 Å². The lowest BCUT2D eigenvalue weighted by Crippen LogP contribution is -2.30. The van der Waals surface area contributed by atoms with Crippen LogP contribution in [-0.2, 0) is 0 Å². The molecular formula is C37H35N. The lowest BCUT2D eigenvalue weighted by molar-refractivity contribution is 0.882. The minimum Gasteiger partial charge on any atom is -0.334 e. The Labute approximate surface area is 227 Å². The van der Waals surface area contributed by atoms with Gasteiger partial charge in [-0.3, -0.25) is 0 Å². The van der Waals surface area contributed by atoms with Crippen LogP contribution in [-0.4, -0.2) is 6.04 Å². The molecule has 1 aliphatic carbocycles. The van der Waals surface area contributed by atoms with Crippen molar-refractivity contribution in [3.05, 3.63) is 157 Å². The van der Waals surface area contributed by atoms with Crippen molar-refractivity contribution in [2.75, 3.05) is 4.90 Å². The second-order valence-corrected chi connectivity index (χ2v) is 9.84. The van der Waals surface area contributed by atoms with Gasteiger partial charge in [0, 0.05) is 16.9 Å². The van der Waals surface area contributed by atoms with Gasteiger partial charge in [0.15, 0.2) is 0 Å². The van der Waals surface area contributed by atoms with Crippen LogP contribution >= 0.6 is 0 Å². The van der Waals surface area contributed by atoms with E-state index in [9.17, 15) is 0 Å². The molecular weight excluding hydrogens is 458 g/mol. The van der Waals surface area contributed by atoms with Crippen LogP contribution < -0.4 is 4.90 Å². The maximum atomic E-state index is 4.03. The summed E-state index contributed by atoms with van der Waals surface area (Å²) in [4.78, 5) is 2.46. The van der Waals surface area contributed by atoms with E-state index < -0.39 is 0 Å². The lowest BCUT2D eigenvalue weighted by Gasteiger charge is -2.35. The van der Waals surface area contributed by atoms with Gasteiger partial charge >= 0.3 is 0 Å². The van der Waals surface area contributed by atoms with Crippen molar-refractivity contribution in [3.8, 4) is 11.1 Å². The van der Waals surface area contributed by atoms with E-state index in [1.54, 1.807) is 0 Å². The van der Waals surface area contributed by atoms with Gasteiger partial charge in [-0.05, 0) is 78.3 Å². The summed E-state index contributed by atoms with van der Waals surface area (Å²) >= 11 is 0. The molecule has 0 fully saturated rings. The van der Waals surface area contributed by atoms with Gasteiger partial charge in [-0.2, -0.15) is 0 Å². The van der Waals surface area contributed by atoms with Crippen molar-refractivity contribution in [1.82, 2.24) is 0 Å². The molecule has 0 aromatic heterocycles. The van der Waals surface area contributed by atoms with Crippen molar-refractivity contribution >= 4 is 22.5 Å². The molecule has 0 saturated heterocycles. The third-order valence-electron chi connectivity index (χ3n) is 7.21. The first-order chi connectivity index (χ1) is 18.7. The molecule has 0 amide bonds. The van der Waals surface area contributed by atoms with E-state index in [1.165, 1.54) is 50.3 Å². The molecule has 4 aromatic carbocycles. The smallest absolute Gasteiger partial charge is 0.0569 e. The summed E-state index contributed by atoms with van der Waals surface area (Å²) < 4.78 is 0. The zero-order valence-corrected chi connectivity index (χ0v) is 22.3. The molecule has 5 rings (SSSR count). The Morgan fingerprint density at radius 1 is 0.816 bits per heavy atom. The molecule has 1 unspecified atom stereocenters. The molecule has 1 heteroatoms. The number of rotatable bonds is 8. The molecule has 0 bridgehead atoms. The van der Waals surface area contributed by atoms with Gasteiger partial charge in [-0.25, -0.2) is 0 Å². The summed E-state index contributed by atoms with van der Waals surface area (Å²) in [7, 11) is 0. The number of para-hydroxylation sites is 1. The normalized spacial score (nSPS) is 14.1. The van der Waals surface area contributed by atoms with Gasteiger partial charge in [0.1, 0.15) is 0 Å². The predicted molar refractivity (Wildman–Crippen MR) is 166 cm³/mol. The number of benzene rings is 4. The summed E-state index contributed by atoms with van der Waals surface area (Å²) in [6.07, 6.45) is 13.1. The topological polar surface area (TPSA) is 3.24 Å². The highest BCUT2D eigenvalue weighted by atomic mass is 15.2. The second-order valence-electron chi connectivity index (χ2n) is 9.84. The highest BCUT2D eigenvalue weighted by Gasteiger charge is 2.24. The first-order valence-corrected chi connectivity index (χ1v) is 13.5. The van der Waals surface area contributed by atoms with E-state index in [0.29, 0.717) is 0 Å². The quantitative estimate of drug-likeness (QED) is 0.221. The Kier molecular flexibility index (Phi) is 7.85. The first-order valence-electron chi connectivity index (χ1n) is 13.5. The van der Waals surface area contributed by atoms with Crippen LogP contribution in [0, 0.1) is 6.92 Å². The largest absolute Gasteiger partial charge is 0.334 e. The molecule has 4 aromatic rings. The van der Waals surface area contributed by atoms with Gasteiger partial charge in [0.2, 0.25) is 0 Å². The fraction of sp³-hybridized carbons (Fsp3) is 0.135. The molecule has 0 N–H and O–H groups in total. The molecule has 1 nitrogen and oxygen atoms in total. The fourth-order valence-electron chi connectivity index (χ4n) is 5.32. The van der Waals surface area contributed by atoms with E-state index in [0.717, 1.165) is 12.8 Å². The maximum absolute atomic E-state index is 4.03. The lowest BCUT2D eigenvalue weighted by atomic mass is 9.93. The average Bonchev–Trinajstić information content (AvgIpc) is 2.97. The Bertz CT molecular complexity index is 1490. The predicted octanol–water partition coefficient (Wildman–Crippen LogP) is 10.2. The molecule has 0 saturated carbocycles. The summed E-state index contributed by atoms with van der Waals surface area (Å²) in [5.74, 6) is 0. The first kappa shape index (κ1) is 25.3. The number of anilines is 2. The van der Waals surface area contributed by atoms with Gasteiger partial charge in [-0.15, -0.1) is 0 Å². The summed E-state index contributed by atoms with van der Waals surface area (Å²) in [6, 6.07) is 37.2. The van der Waals surface area contributed by atoms with E-state index in [-0.39, 0.29) is 6.04 Å². The number of aryl methyl sites for hydroxylation is 1. The zero-order chi connectivity index (χ0) is 26.3. The van der Waals surface area contributed by atoms with Crippen molar-refractivity contribution in [1.29, 1.82) is 0 Å². The second kappa shape index (κ2) is 11.8. The van der Waals surface area contributed by atoms with Crippen LogP contribution in [0.15, 0.2) is 140 Å². The third kappa shape index (κ3) is 5.48. The van der Waals surface area contributed by atoms with Crippen LogP contribution in [0.2, 0.25) is 0 Å².